The van der Waals surface area contributed by atoms with E-state index in [0.717, 1.165) is 21.1 Å². The standard InChI is InChI=1S/C11H10BrNO/c1-7-3-4-13-10-6-9(12)11(14-2)5-8(7)10/h3-6H,1-2H3. The first kappa shape index (κ1) is 9.46. The summed E-state index contributed by atoms with van der Waals surface area (Å²) in [6.45, 7) is 2.07. The zero-order chi connectivity index (χ0) is 10.1. The van der Waals surface area contributed by atoms with Crippen molar-refractivity contribution in [3.63, 3.8) is 0 Å². The molecular formula is C11H10BrNO. The topological polar surface area (TPSA) is 22.1 Å². The first-order valence-electron chi connectivity index (χ1n) is 4.31. The molecular weight excluding hydrogens is 242 g/mol. The SMILES string of the molecule is COc1cc2c(C)ccnc2cc1Br. The van der Waals surface area contributed by atoms with Crippen molar-refractivity contribution in [2.45, 2.75) is 6.92 Å². The minimum atomic E-state index is 0.841. The average Bonchev–Trinajstić information content (AvgIpc) is 2.17. The second-order valence-electron chi connectivity index (χ2n) is 3.13. The molecule has 0 amide bonds. The Bertz CT molecular complexity index is 482. The second kappa shape index (κ2) is 3.58. The maximum atomic E-state index is 5.23. The Labute approximate surface area is 91.0 Å². The van der Waals surface area contributed by atoms with Crippen LogP contribution < -0.4 is 4.74 Å². The van der Waals surface area contributed by atoms with Crippen molar-refractivity contribution in [1.82, 2.24) is 4.98 Å². The lowest BCUT2D eigenvalue weighted by Gasteiger charge is -2.06. The zero-order valence-corrected chi connectivity index (χ0v) is 9.63. The summed E-state index contributed by atoms with van der Waals surface area (Å²) in [7, 11) is 1.66. The molecule has 0 radical (unpaired) electrons. The summed E-state index contributed by atoms with van der Waals surface area (Å²) in [5.41, 5.74) is 2.19. The molecule has 0 fully saturated rings. The lowest BCUT2D eigenvalue weighted by molar-refractivity contribution is 0.413. The van der Waals surface area contributed by atoms with Crippen LogP contribution in [0.3, 0.4) is 0 Å². The van der Waals surface area contributed by atoms with Crippen LogP contribution in [0.2, 0.25) is 0 Å². The number of pyridine rings is 1. The number of rotatable bonds is 1. The molecule has 2 nitrogen and oxygen atoms in total. The number of ether oxygens (including phenoxy) is 1. The molecule has 0 saturated carbocycles. The highest BCUT2D eigenvalue weighted by atomic mass is 79.9. The highest BCUT2D eigenvalue weighted by Crippen LogP contribution is 2.30. The first-order chi connectivity index (χ1) is 6.72. The van der Waals surface area contributed by atoms with Crippen LogP contribution >= 0.6 is 15.9 Å². The molecule has 1 aromatic carbocycles. The van der Waals surface area contributed by atoms with Crippen molar-refractivity contribution >= 4 is 26.8 Å². The smallest absolute Gasteiger partial charge is 0.133 e. The van der Waals surface area contributed by atoms with Crippen LogP contribution in [0.1, 0.15) is 5.56 Å². The minimum absolute atomic E-state index is 0.841. The van der Waals surface area contributed by atoms with Crippen molar-refractivity contribution in [2.24, 2.45) is 0 Å². The molecule has 1 aromatic heterocycles. The molecule has 0 saturated heterocycles. The normalized spacial score (nSPS) is 10.5. The van der Waals surface area contributed by atoms with E-state index >= 15 is 0 Å². The first-order valence-corrected chi connectivity index (χ1v) is 5.10. The number of methoxy groups -OCH3 is 1. The summed E-state index contributed by atoms with van der Waals surface area (Å²) in [6.07, 6.45) is 1.82. The van der Waals surface area contributed by atoms with Gasteiger partial charge < -0.3 is 4.74 Å². The molecule has 3 heteroatoms. The highest BCUT2D eigenvalue weighted by Gasteiger charge is 2.04. The number of nitrogens with zero attached hydrogens (tertiary/aromatic N) is 1. The molecule has 2 aromatic rings. The van der Waals surface area contributed by atoms with Crippen molar-refractivity contribution in [1.29, 1.82) is 0 Å². The molecule has 0 atom stereocenters. The van der Waals surface area contributed by atoms with Crippen LogP contribution in [0.4, 0.5) is 0 Å². The van der Waals surface area contributed by atoms with E-state index in [1.807, 2.05) is 24.4 Å². The highest BCUT2D eigenvalue weighted by molar-refractivity contribution is 9.10. The molecule has 0 aliphatic rings. The molecule has 0 aliphatic carbocycles. The van der Waals surface area contributed by atoms with Gasteiger partial charge in [-0.1, -0.05) is 0 Å². The van der Waals surface area contributed by atoms with Crippen molar-refractivity contribution < 1.29 is 4.74 Å². The molecule has 14 heavy (non-hydrogen) atoms. The van der Waals surface area contributed by atoms with E-state index in [1.165, 1.54) is 5.56 Å². The van der Waals surface area contributed by atoms with E-state index in [2.05, 4.69) is 27.8 Å². The van der Waals surface area contributed by atoms with E-state index in [-0.39, 0.29) is 0 Å². The quantitative estimate of drug-likeness (QED) is 0.776. The van der Waals surface area contributed by atoms with Gasteiger partial charge in [-0.25, -0.2) is 0 Å². The minimum Gasteiger partial charge on any atom is -0.496 e. The monoisotopic (exact) mass is 251 g/mol. The van der Waals surface area contributed by atoms with E-state index in [0.29, 0.717) is 0 Å². The number of fused-ring (bicyclic) bond motifs is 1. The van der Waals surface area contributed by atoms with Gasteiger partial charge in [0.15, 0.2) is 0 Å². The lowest BCUT2D eigenvalue weighted by Crippen LogP contribution is -1.87. The fourth-order valence-corrected chi connectivity index (χ4v) is 1.93. The predicted molar refractivity (Wildman–Crippen MR) is 60.7 cm³/mol. The third-order valence-corrected chi connectivity index (χ3v) is 2.85. The van der Waals surface area contributed by atoms with Crippen LogP contribution in [0.15, 0.2) is 28.9 Å². The van der Waals surface area contributed by atoms with Gasteiger partial charge in [-0.3, -0.25) is 4.98 Å². The number of hydrogen-bond acceptors (Lipinski definition) is 2. The summed E-state index contributed by atoms with van der Waals surface area (Å²) in [5.74, 6) is 0.841. The van der Waals surface area contributed by atoms with Gasteiger partial charge in [-0.2, -0.15) is 0 Å². The van der Waals surface area contributed by atoms with E-state index in [1.54, 1.807) is 7.11 Å². The maximum absolute atomic E-state index is 5.23. The van der Waals surface area contributed by atoms with Gasteiger partial charge in [0.25, 0.3) is 0 Å². The second-order valence-corrected chi connectivity index (χ2v) is 3.99. The fraction of sp³-hybridized carbons (Fsp3) is 0.182. The van der Waals surface area contributed by atoms with E-state index in [9.17, 15) is 0 Å². The number of hydrogen-bond donors (Lipinski definition) is 0. The summed E-state index contributed by atoms with van der Waals surface area (Å²) in [5, 5.41) is 1.13. The average molecular weight is 252 g/mol. The predicted octanol–water partition coefficient (Wildman–Crippen LogP) is 3.31. The molecule has 72 valence electrons. The third kappa shape index (κ3) is 1.48. The molecule has 0 bridgehead atoms. The van der Waals surface area contributed by atoms with Crippen molar-refractivity contribution in [2.75, 3.05) is 7.11 Å². The molecule has 1 heterocycles. The number of aromatic nitrogens is 1. The maximum Gasteiger partial charge on any atom is 0.133 e. The summed E-state index contributed by atoms with van der Waals surface area (Å²) >= 11 is 3.44. The Morgan fingerprint density at radius 2 is 2.14 bits per heavy atom. The largest absolute Gasteiger partial charge is 0.496 e. The van der Waals surface area contributed by atoms with Gasteiger partial charge in [0.05, 0.1) is 17.1 Å². The van der Waals surface area contributed by atoms with Gasteiger partial charge in [-0.05, 0) is 46.6 Å². The summed E-state index contributed by atoms with van der Waals surface area (Å²) < 4.78 is 6.17. The number of benzene rings is 1. The number of aryl methyl sites for hydroxylation is 1. The van der Waals surface area contributed by atoms with Crippen LogP contribution in [0.5, 0.6) is 5.75 Å². The van der Waals surface area contributed by atoms with Gasteiger partial charge in [0.1, 0.15) is 5.75 Å². The van der Waals surface area contributed by atoms with Gasteiger partial charge >= 0.3 is 0 Å². The fourth-order valence-electron chi connectivity index (χ4n) is 1.44. The Kier molecular flexibility index (Phi) is 2.42. The van der Waals surface area contributed by atoms with Crippen LogP contribution in [0.25, 0.3) is 10.9 Å². The van der Waals surface area contributed by atoms with E-state index in [4.69, 9.17) is 4.74 Å². The summed E-state index contributed by atoms with van der Waals surface area (Å²) in [4.78, 5) is 4.29. The Hall–Kier alpha value is -1.09. The molecule has 0 unspecified atom stereocenters. The van der Waals surface area contributed by atoms with E-state index < -0.39 is 0 Å². The molecule has 0 N–H and O–H groups in total. The van der Waals surface area contributed by atoms with Crippen LogP contribution in [0, 0.1) is 6.92 Å². The van der Waals surface area contributed by atoms with Gasteiger partial charge in [0.2, 0.25) is 0 Å². The Balaban J connectivity index is 2.80. The molecule has 0 aliphatic heterocycles. The zero-order valence-electron chi connectivity index (χ0n) is 8.04. The van der Waals surface area contributed by atoms with Crippen molar-refractivity contribution in [3.8, 4) is 5.75 Å². The molecule has 0 spiro atoms. The van der Waals surface area contributed by atoms with Crippen molar-refractivity contribution in [3.05, 3.63) is 34.4 Å². The van der Waals surface area contributed by atoms with Crippen LogP contribution in [-0.4, -0.2) is 12.1 Å². The Morgan fingerprint density at radius 3 is 2.86 bits per heavy atom. The van der Waals surface area contributed by atoms with Crippen LogP contribution in [-0.2, 0) is 0 Å². The molecule has 2 rings (SSSR count). The van der Waals surface area contributed by atoms with Gasteiger partial charge in [-0.15, -0.1) is 0 Å². The summed E-state index contributed by atoms with van der Waals surface area (Å²) in [6, 6.07) is 5.97. The lowest BCUT2D eigenvalue weighted by atomic mass is 10.1. The Morgan fingerprint density at radius 1 is 1.36 bits per heavy atom. The van der Waals surface area contributed by atoms with Gasteiger partial charge in [0, 0.05) is 11.6 Å². The third-order valence-electron chi connectivity index (χ3n) is 2.23. The number of halogens is 1.